The van der Waals surface area contributed by atoms with E-state index in [9.17, 15) is 75.2 Å². The Morgan fingerprint density at radius 2 is 1.01 bits per heavy atom. The zero-order valence-electron chi connectivity index (χ0n) is 56.8. The normalized spacial score (nSPS) is 29.8. The molecule has 3 N–H and O–H groups in total. The molecule has 9 rings (SSSR count). The molecule has 2 saturated heterocycles. The number of esters is 7. The van der Waals surface area contributed by atoms with E-state index >= 15 is 0 Å². The molecule has 0 amide bonds. The van der Waals surface area contributed by atoms with Crippen LogP contribution in [0.2, 0.25) is 0 Å². The van der Waals surface area contributed by atoms with Gasteiger partial charge in [-0.05, 0) is 199 Å². The van der Waals surface area contributed by atoms with Crippen LogP contribution in [0.5, 0.6) is 0 Å². The second-order valence-corrected chi connectivity index (χ2v) is 31.0. The van der Waals surface area contributed by atoms with E-state index in [4.69, 9.17) is 42.7 Å². The molecule has 0 aromatic heterocycles. The molecule has 9 aliphatic rings. The first-order valence-corrected chi connectivity index (χ1v) is 31.9. The predicted molar refractivity (Wildman–Crippen MR) is 313 cm³/mol. The van der Waals surface area contributed by atoms with Gasteiger partial charge < -0.3 is 48.5 Å². The fraction of sp³-hybridized carbons (Fsp3) is 0.879. The third-order valence-corrected chi connectivity index (χ3v) is 22.0. The molecular formula is C66H102F6O19. The van der Waals surface area contributed by atoms with Gasteiger partial charge in [-0.3, -0.25) is 28.8 Å². The largest absolute Gasteiger partial charge is 0.463 e. The minimum atomic E-state index is -6.02. The Hall–Kier alpha value is -4.87. The Balaban J connectivity index is 0.000000260. The molecule has 522 valence electrons. The first-order chi connectivity index (χ1) is 41.1. The first kappa shape index (κ1) is 78.6. The van der Waals surface area contributed by atoms with E-state index in [1.165, 1.54) is 20.8 Å². The highest BCUT2D eigenvalue weighted by Crippen LogP contribution is 2.73. The van der Waals surface area contributed by atoms with Gasteiger partial charge in [0.15, 0.2) is 5.60 Å². The lowest BCUT2D eigenvalue weighted by atomic mass is 9.37. The standard InChI is InChI=1S/C22H38O4.C19H28O6.C14H20F6O3.C10H16O4.CO2/c1-8-17(2,3)16(23)26-22-11-15-9-20(13-22,18(4,5)24)12-21(10-15,14-22)19(6,7)25;1-7-18(3,4)17(22)24-14-11-8-10-12(14)16(21)23-15(10)13(11)19(5,6)25-9(2)20;1-4-10(2,3)9(21)23-11(7-5-6-8-11)12(22,13(15,16)17)14(18,19)20;1-4-10(2,3)9(12)14-7-5-6-13-8(7)11;2-1-3/h15,24-25H,8-14H2,1-7H3;10-15H,7-8H2,1-6H3;22H,4-8H2,1-3H3;7H,4-6H2,1-3H3;. The maximum absolute atomic E-state index is 13.2. The lowest BCUT2D eigenvalue weighted by Gasteiger charge is -2.70. The van der Waals surface area contributed by atoms with Crippen molar-refractivity contribution >= 4 is 47.9 Å². The molecular weight excluding hydrogens is 1210 g/mol. The van der Waals surface area contributed by atoms with Crippen LogP contribution in [-0.4, -0.2) is 134 Å². The summed E-state index contributed by atoms with van der Waals surface area (Å²) in [5, 5.41) is 31.9. The van der Waals surface area contributed by atoms with Crippen LogP contribution in [0.1, 0.15) is 234 Å². The molecule has 0 aromatic rings. The minimum absolute atomic E-state index is 0.00565. The number of carbonyl (C=O) groups excluding carboxylic acids is 9. The quantitative estimate of drug-likeness (QED) is 0.0693. The van der Waals surface area contributed by atoms with Crippen molar-refractivity contribution in [2.45, 2.75) is 299 Å². The lowest BCUT2D eigenvalue weighted by Crippen LogP contribution is -2.71. The average Bonchev–Trinajstić information content (AvgIpc) is 1.42. The van der Waals surface area contributed by atoms with Gasteiger partial charge in [0, 0.05) is 41.9 Å². The van der Waals surface area contributed by atoms with Crippen molar-refractivity contribution in [3.05, 3.63) is 0 Å². The Morgan fingerprint density at radius 3 is 1.40 bits per heavy atom. The number of cyclic esters (lactones) is 1. The van der Waals surface area contributed by atoms with Crippen LogP contribution in [0.4, 0.5) is 26.3 Å². The van der Waals surface area contributed by atoms with Crippen LogP contribution in [0.3, 0.4) is 0 Å². The van der Waals surface area contributed by atoms with Gasteiger partial charge in [-0.15, -0.1) is 0 Å². The Morgan fingerprint density at radius 1 is 0.593 bits per heavy atom. The van der Waals surface area contributed by atoms with E-state index < -0.39 is 105 Å². The molecule has 0 radical (unpaired) electrons. The number of alkyl halides is 6. The number of ether oxygens (including phenoxy) is 7. The summed E-state index contributed by atoms with van der Waals surface area (Å²) in [5.74, 6) is -3.16. The summed E-state index contributed by atoms with van der Waals surface area (Å²) >= 11 is 0. The fourth-order valence-electron chi connectivity index (χ4n) is 14.9. The van der Waals surface area contributed by atoms with E-state index in [1.807, 2.05) is 90.0 Å². The molecule has 7 aliphatic carbocycles. The topological polar surface area (TPSA) is 279 Å². The molecule has 2 aliphatic heterocycles. The first-order valence-electron chi connectivity index (χ1n) is 31.9. The van der Waals surface area contributed by atoms with Crippen LogP contribution >= 0.6 is 0 Å². The maximum Gasteiger partial charge on any atom is 0.430 e. The van der Waals surface area contributed by atoms with Crippen LogP contribution in [0, 0.1) is 62.1 Å². The third kappa shape index (κ3) is 15.8. The number of hydrogen-bond donors (Lipinski definition) is 3. The third-order valence-electron chi connectivity index (χ3n) is 22.0. The number of hydrogen-bond acceptors (Lipinski definition) is 19. The summed E-state index contributed by atoms with van der Waals surface area (Å²) < 4.78 is 117. The molecule has 9 atom stereocenters. The van der Waals surface area contributed by atoms with Crippen molar-refractivity contribution in [2.24, 2.45) is 62.1 Å². The Bertz CT molecular complexity index is 2640. The van der Waals surface area contributed by atoms with Crippen molar-refractivity contribution in [1.82, 2.24) is 0 Å². The van der Waals surface area contributed by atoms with E-state index in [-0.39, 0.29) is 95.9 Å². The zero-order chi connectivity index (χ0) is 70.3. The van der Waals surface area contributed by atoms with Crippen molar-refractivity contribution < 1.29 is 118 Å². The molecule has 0 aromatic carbocycles. The maximum atomic E-state index is 13.2. The summed E-state index contributed by atoms with van der Waals surface area (Å²) in [5.41, 5.74) is -14.7. The second kappa shape index (κ2) is 27.1. The summed E-state index contributed by atoms with van der Waals surface area (Å²) in [6.07, 6.45) is -6.13. The smallest absolute Gasteiger partial charge is 0.430 e. The lowest BCUT2D eigenvalue weighted by molar-refractivity contribution is -0.412. The van der Waals surface area contributed by atoms with Gasteiger partial charge in [-0.25, -0.2) is 4.79 Å². The van der Waals surface area contributed by atoms with Gasteiger partial charge in [-0.2, -0.15) is 35.9 Å². The number of carbonyl (C=O) groups is 7. The second-order valence-electron chi connectivity index (χ2n) is 31.0. The average molecular weight is 1310 g/mol. The number of fused-ring (bicyclic) bond motifs is 1. The molecule has 9 fully saturated rings. The van der Waals surface area contributed by atoms with Gasteiger partial charge >= 0.3 is 60.3 Å². The van der Waals surface area contributed by atoms with Crippen molar-refractivity contribution in [3.63, 3.8) is 0 Å². The number of halogens is 6. The molecule has 91 heavy (non-hydrogen) atoms. The van der Waals surface area contributed by atoms with Crippen LogP contribution in [0.25, 0.3) is 0 Å². The summed E-state index contributed by atoms with van der Waals surface area (Å²) in [7, 11) is 0. The highest BCUT2D eigenvalue weighted by atomic mass is 19.4. The molecule has 6 bridgehead atoms. The molecule has 9 unspecified atom stereocenters. The number of rotatable bonds is 17. The van der Waals surface area contributed by atoms with Gasteiger partial charge in [0.1, 0.15) is 29.3 Å². The summed E-state index contributed by atoms with van der Waals surface area (Å²) in [6, 6.07) is 0. The summed E-state index contributed by atoms with van der Waals surface area (Å²) in [6.45, 7) is 34.3. The fourth-order valence-corrected chi connectivity index (χ4v) is 14.9. The summed E-state index contributed by atoms with van der Waals surface area (Å²) in [4.78, 5) is 100. The van der Waals surface area contributed by atoms with E-state index in [1.54, 1.807) is 20.8 Å². The number of aliphatic hydroxyl groups is 3. The van der Waals surface area contributed by atoms with Crippen molar-refractivity contribution in [2.75, 3.05) is 6.61 Å². The SMILES string of the molecule is CCC(C)(C)C(=O)OC1(C(O)(C(F)(F)F)C(F)(F)F)CCCC1.CCC(C)(C)C(=O)OC12CC3CC(C(C)(C)O)(C1)CC(C(C)(C)O)(C3)C2.CCC(C)(C)C(=O)OC1C2CC3C(OC(=O)C31)C2C(C)(C)OC(C)=O.CCC(C)(C)C(=O)OC1CCOC1=O.O=C=O. The minimum Gasteiger partial charge on any atom is -0.463 e. The monoisotopic (exact) mass is 1310 g/mol. The van der Waals surface area contributed by atoms with Gasteiger partial charge in [-0.1, -0.05) is 27.7 Å². The highest BCUT2D eigenvalue weighted by molar-refractivity contribution is 5.83. The highest BCUT2D eigenvalue weighted by Gasteiger charge is 2.82. The molecule has 19 nitrogen and oxygen atoms in total. The van der Waals surface area contributed by atoms with Gasteiger partial charge in [0.25, 0.3) is 5.60 Å². The van der Waals surface area contributed by atoms with Crippen LogP contribution < -0.4 is 0 Å². The van der Waals surface area contributed by atoms with Crippen molar-refractivity contribution in [1.29, 1.82) is 0 Å². The predicted octanol–water partition coefficient (Wildman–Crippen LogP) is 11.5. The van der Waals surface area contributed by atoms with Crippen LogP contribution in [0.15, 0.2) is 0 Å². The zero-order valence-corrected chi connectivity index (χ0v) is 56.8. The van der Waals surface area contributed by atoms with E-state index in [2.05, 4.69) is 0 Å². The Labute approximate surface area is 531 Å². The van der Waals surface area contributed by atoms with Gasteiger partial charge in [0.05, 0.1) is 39.5 Å². The molecule has 0 spiro atoms. The molecule has 2 heterocycles. The van der Waals surface area contributed by atoms with E-state index in [0.717, 1.165) is 38.5 Å². The molecule has 7 saturated carbocycles. The van der Waals surface area contributed by atoms with E-state index in [0.29, 0.717) is 44.6 Å². The molecule has 25 heteroatoms. The van der Waals surface area contributed by atoms with Crippen LogP contribution in [-0.2, 0) is 76.3 Å². The van der Waals surface area contributed by atoms with Crippen molar-refractivity contribution in [3.8, 4) is 0 Å². The van der Waals surface area contributed by atoms with Gasteiger partial charge in [0.2, 0.25) is 6.10 Å². The Kier molecular flexibility index (Phi) is 23.4.